The zero-order valence-electron chi connectivity index (χ0n) is 16.4. The third-order valence-electron chi connectivity index (χ3n) is 4.22. The molecule has 2 aromatic rings. The van der Waals surface area contributed by atoms with Crippen molar-refractivity contribution in [2.75, 3.05) is 6.54 Å². The van der Waals surface area contributed by atoms with Crippen molar-refractivity contribution in [3.8, 4) is 5.75 Å². The largest absolute Gasteiger partial charge is 0.481 e. The summed E-state index contributed by atoms with van der Waals surface area (Å²) < 4.78 is 5.87. The molecule has 2 rings (SSSR count). The molecule has 5 nitrogen and oxygen atoms in total. The number of nitrogens with one attached hydrogen (secondary N) is 2. The summed E-state index contributed by atoms with van der Waals surface area (Å²) in [6.07, 6.45) is -0.689. The number of amides is 2. The normalized spacial score (nSPS) is 11.7. The van der Waals surface area contributed by atoms with Gasteiger partial charge in [-0.25, -0.2) is 0 Å². The first-order valence-electron chi connectivity index (χ1n) is 9.22. The van der Waals surface area contributed by atoms with Gasteiger partial charge in [0.2, 0.25) is 5.91 Å². The highest BCUT2D eigenvalue weighted by molar-refractivity contribution is 5.86. The van der Waals surface area contributed by atoms with E-state index in [9.17, 15) is 9.59 Å². The predicted molar refractivity (Wildman–Crippen MR) is 107 cm³/mol. The van der Waals surface area contributed by atoms with Gasteiger partial charge in [-0.2, -0.15) is 0 Å². The third kappa shape index (κ3) is 6.44. The zero-order chi connectivity index (χ0) is 19.8. The molecule has 0 aromatic heterocycles. The van der Waals surface area contributed by atoms with Gasteiger partial charge in [-0.05, 0) is 42.5 Å². The summed E-state index contributed by atoms with van der Waals surface area (Å²) in [5.41, 5.74) is 3.14. The van der Waals surface area contributed by atoms with Gasteiger partial charge >= 0.3 is 0 Å². The van der Waals surface area contributed by atoms with Crippen LogP contribution < -0.4 is 15.4 Å². The average molecular weight is 368 g/mol. The Morgan fingerprint density at radius 3 is 2.37 bits per heavy atom. The van der Waals surface area contributed by atoms with Gasteiger partial charge in [0.1, 0.15) is 5.75 Å². The SMILES string of the molecule is Cc1ccc(C(C)C)c(OC(C)C(=O)NCC(=O)NCc2ccccc2)c1. The van der Waals surface area contributed by atoms with Crippen LogP contribution in [0.3, 0.4) is 0 Å². The van der Waals surface area contributed by atoms with Gasteiger partial charge < -0.3 is 15.4 Å². The van der Waals surface area contributed by atoms with E-state index in [1.54, 1.807) is 6.92 Å². The quantitative estimate of drug-likeness (QED) is 0.751. The van der Waals surface area contributed by atoms with E-state index in [1.807, 2.05) is 55.5 Å². The lowest BCUT2D eigenvalue weighted by atomic mass is 10.0. The second-order valence-electron chi connectivity index (χ2n) is 6.94. The van der Waals surface area contributed by atoms with E-state index in [0.29, 0.717) is 18.2 Å². The van der Waals surface area contributed by atoms with Gasteiger partial charge in [0.05, 0.1) is 6.54 Å². The Labute approximate surface area is 161 Å². The number of benzene rings is 2. The van der Waals surface area contributed by atoms with Crippen LogP contribution in [-0.4, -0.2) is 24.5 Å². The summed E-state index contributed by atoms with van der Waals surface area (Å²) in [7, 11) is 0. The molecule has 1 atom stereocenters. The summed E-state index contributed by atoms with van der Waals surface area (Å²) >= 11 is 0. The second-order valence-corrected chi connectivity index (χ2v) is 6.94. The molecule has 0 heterocycles. The number of rotatable bonds is 8. The highest BCUT2D eigenvalue weighted by atomic mass is 16.5. The monoisotopic (exact) mass is 368 g/mol. The Balaban J connectivity index is 1.83. The molecule has 5 heteroatoms. The van der Waals surface area contributed by atoms with Crippen LogP contribution in [-0.2, 0) is 16.1 Å². The Morgan fingerprint density at radius 2 is 1.70 bits per heavy atom. The molecule has 2 amide bonds. The van der Waals surface area contributed by atoms with Crippen molar-refractivity contribution in [2.45, 2.75) is 46.3 Å². The molecule has 2 N–H and O–H groups in total. The maximum atomic E-state index is 12.3. The van der Waals surface area contributed by atoms with E-state index < -0.39 is 6.10 Å². The molecular weight excluding hydrogens is 340 g/mol. The van der Waals surface area contributed by atoms with Crippen LogP contribution in [0.2, 0.25) is 0 Å². The van der Waals surface area contributed by atoms with E-state index in [-0.39, 0.29) is 18.4 Å². The van der Waals surface area contributed by atoms with Crippen LogP contribution >= 0.6 is 0 Å². The molecule has 0 bridgehead atoms. The first-order valence-corrected chi connectivity index (χ1v) is 9.22. The molecule has 0 aliphatic carbocycles. The van der Waals surface area contributed by atoms with Gasteiger partial charge in [0, 0.05) is 6.54 Å². The van der Waals surface area contributed by atoms with E-state index >= 15 is 0 Å². The molecule has 2 aromatic carbocycles. The summed E-state index contributed by atoms with van der Waals surface area (Å²) in [4.78, 5) is 24.2. The lowest BCUT2D eigenvalue weighted by molar-refractivity contribution is -0.130. The highest BCUT2D eigenvalue weighted by Gasteiger charge is 2.18. The van der Waals surface area contributed by atoms with Gasteiger partial charge in [0.15, 0.2) is 6.10 Å². The second kappa shape index (κ2) is 9.76. The van der Waals surface area contributed by atoms with E-state index in [2.05, 4.69) is 24.5 Å². The molecule has 0 fully saturated rings. The molecule has 1 unspecified atom stereocenters. The lowest BCUT2D eigenvalue weighted by Gasteiger charge is -2.19. The molecule has 0 aliphatic heterocycles. The topological polar surface area (TPSA) is 67.4 Å². The number of hydrogen-bond donors (Lipinski definition) is 2. The van der Waals surface area contributed by atoms with Gasteiger partial charge in [-0.15, -0.1) is 0 Å². The van der Waals surface area contributed by atoms with Gasteiger partial charge in [0.25, 0.3) is 5.91 Å². The van der Waals surface area contributed by atoms with E-state index in [0.717, 1.165) is 16.7 Å². The minimum Gasteiger partial charge on any atom is -0.481 e. The maximum absolute atomic E-state index is 12.3. The summed E-state index contributed by atoms with van der Waals surface area (Å²) in [6.45, 7) is 8.19. The molecule has 0 saturated heterocycles. The standard InChI is InChI=1S/C22H28N2O3/c1-15(2)19-11-10-16(3)12-20(19)27-17(4)22(26)24-14-21(25)23-13-18-8-6-5-7-9-18/h5-12,15,17H,13-14H2,1-4H3,(H,23,25)(H,24,26). The fourth-order valence-corrected chi connectivity index (χ4v) is 2.63. The number of aryl methyl sites for hydroxylation is 1. The van der Waals surface area contributed by atoms with Crippen LogP contribution in [0.1, 0.15) is 43.4 Å². The molecule has 0 spiro atoms. The molecule has 0 aliphatic rings. The first-order chi connectivity index (χ1) is 12.9. The van der Waals surface area contributed by atoms with Crippen molar-refractivity contribution in [1.82, 2.24) is 10.6 Å². The van der Waals surface area contributed by atoms with Crippen molar-refractivity contribution in [1.29, 1.82) is 0 Å². The van der Waals surface area contributed by atoms with Crippen molar-refractivity contribution in [3.05, 3.63) is 65.2 Å². The average Bonchev–Trinajstić information content (AvgIpc) is 2.65. The summed E-state index contributed by atoms with van der Waals surface area (Å²) in [5.74, 6) is 0.444. The van der Waals surface area contributed by atoms with Crippen LogP contribution in [0.25, 0.3) is 0 Å². The minimum atomic E-state index is -0.689. The molecule has 27 heavy (non-hydrogen) atoms. The molecule has 0 saturated carbocycles. The van der Waals surface area contributed by atoms with Crippen LogP contribution in [0.4, 0.5) is 0 Å². The number of hydrogen-bond acceptors (Lipinski definition) is 3. The molecular formula is C22H28N2O3. The summed E-state index contributed by atoms with van der Waals surface area (Å²) in [6, 6.07) is 15.6. The molecule has 144 valence electrons. The lowest BCUT2D eigenvalue weighted by Crippen LogP contribution is -2.42. The van der Waals surface area contributed by atoms with Crippen LogP contribution in [0, 0.1) is 6.92 Å². The van der Waals surface area contributed by atoms with Gasteiger partial charge in [-0.1, -0.05) is 56.3 Å². The van der Waals surface area contributed by atoms with Crippen molar-refractivity contribution < 1.29 is 14.3 Å². The Bertz CT molecular complexity index is 772. The number of ether oxygens (including phenoxy) is 1. The van der Waals surface area contributed by atoms with Crippen molar-refractivity contribution >= 4 is 11.8 Å². The first kappa shape index (κ1) is 20.5. The zero-order valence-corrected chi connectivity index (χ0v) is 16.4. The van der Waals surface area contributed by atoms with Crippen molar-refractivity contribution in [3.63, 3.8) is 0 Å². The van der Waals surface area contributed by atoms with Crippen LogP contribution in [0.15, 0.2) is 48.5 Å². The highest BCUT2D eigenvalue weighted by Crippen LogP contribution is 2.28. The number of carbonyl (C=O) groups excluding carboxylic acids is 2. The fraction of sp³-hybridized carbons (Fsp3) is 0.364. The predicted octanol–water partition coefficient (Wildman–Crippen LogP) is 3.32. The van der Waals surface area contributed by atoms with E-state index in [4.69, 9.17) is 4.74 Å². The van der Waals surface area contributed by atoms with Crippen molar-refractivity contribution in [2.24, 2.45) is 0 Å². The Morgan fingerprint density at radius 1 is 1.00 bits per heavy atom. The number of carbonyl (C=O) groups is 2. The third-order valence-corrected chi connectivity index (χ3v) is 4.22. The Hall–Kier alpha value is -2.82. The summed E-state index contributed by atoms with van der Waals surface area (Å²) in [5, 5.41) is 5.41. The minimum absolute atomic E-state index is 0.0791. The van der Waals surface area contributed by atoms with E-state index in [1.165, 1.54) is 0 Å². The Kier molecular flexibility index (Phi) is 7.41. The fourth-order valence-electron chi connectivity index (χ4n) is 2.63. The smallest absolute Gasteiger partial charge is 0.261 e. The maximum Gasteiger partial charge on any atom is 0.261 e. The van der Waals surface area contributed by atoms with Gasteiger partial charge in [-0.3, -0.25) is 9.59 Å². The van der Waals surface area contributed by atoms with Crippen LogP contribution in [0.5, 0.6) is 5.75 Å². The molecule has 0 radical (unpaired) electrons.